The Kier molecular flexibility index (Phi) is 4.17. The molecule has 0 aliphatic heterocycles. The molecule has 3 aromatic rings. The first-order valence-electron chi connectivity index (χ1n) is 8.39. The molecular weight excluding hydrogens is 352 g/mol. The van der Waals surface area contributed by atoms with Gasteiger partial charge in [0.2, 0.25) is 5.91 Å². The topological polar surface area (TPSA) is 71.3 Å². The highest BCUT2D eigenvalue weighted by Crippen LogP contribution is 2.49. The standard InChI is InChI=1S/C20H17ClN2O3/c1-11-12-6-3-5-9-17(12)26-18(11)20(25)23-22-19(24)15-10-14(15)13-7-2-4-8-16(13)21/h2-9,14-15H,10H2,1H3,(H,22,24)(H,23,25)/t14-,15-/m1/s1. The number of carbonyl (C=O) groups is 2. The van der Waals surface area contributed by atoms with Crippen molar-refractivity contribution in [3.05, 3.63) is 70.4 Å². The van der Waals surface area contributed by atoms with Gasteiger partial charge in [-0.1, -0.05) is 48.0 Å². The number of para-hydroxylation sites is 1. The van der Waals surface area contributed by atoms with Crippen LogP contribution in [-0.2, 0) is 4.79 Å². The van der Waals surface area contributed by atoms with Gasteiger partial charge in [-0.3, -0.25) is 20.4 Å². The second-order valence-electron chi connectivity index (χ2n) is 6.47. The molecule has 1 saturated carbocycles. The third-order valence-electron chi connectivity index (χ3n) is 4.78. The van der Waals surface area contributed by atoms with Crippen LogP contribution in [0.4, 0.5) is 0 Å². The summed E-state index contributed by atoms with van der Waals surface area (Å²) in [5.74, 6) is -0.593. The zero-order chi connectivity index (χ0) is 18.3. The fraction of sp³-hybridized carbons (Fsp3) is 0.200. The van der Waals surface area contributed by atoms with Crippen LogP contribution in [0.1, 0.15) is 34.0 Å². The Morgan fingerprint density at radius 2 is 1.81 bits per heavy atom. The van der Waals surface area contributed by atoms with Crippen LogP contribution in [0.2, 0.25) is 5.02 Å². The lowest BCUT2D eigenvalue weighted by Crippen LogP contribution is -2.42. The highest BCUT2D eigenvalue weighted by molar-refractivity contribution is 6.31. The highest BCUT2D eigenvalue weighted by atomic mass is 35.5. The molecule has 0 bridgehead atoms. The first-order valence-corrected chi connectivity index (χ1v) is 8.77. The zero-order valence-electron chi connectivity index (χ0n) is 14.1. The first-order chi connectivity index (χ1) is 12.6. The molecule has 1 aliphatic carbocycles. The minimum absolute atomic E-state index is 0.0912. The Morgan fingerprint density at radius 1 is 1.08 bits per heavy atom. The molecule has 1 aliphatic rings. The summed E-state index contributed by atoms with van der Waals surface area (Å²) in [6, 6.07) is 14.9. The van der Waals surface area contributed by atoms with Gasteiger partial charge < -0.3 is 4.42 Å². The largest absolute Gasteiger partial charge is 0.451 e. The van der Waals surface area contributed by atoms with Crippen molar-refractivity contribution in [2.24, 2.45) is 5.92 Å². The Bertz CT molecular complexity index is 1010. The predicted molar refractivity (Wildman–Crippen MR) is 98.9 cm³/mol. The molecule has 2 aromatic carbocycles. The normalized spacial score (nSPS) is 18.5. The fourth-order valence-electron chi connectivity index (χ4n) is 3.26. The summed E-state index contributed by atoms with van der Waals surface area (Å²) in [6.45, 7) is 1.82. The summed E-state index contributed by atoms with van der Waals surface area (Å²) in [7, 11) is 0. The summed E-state index contributed by atoms with van der Waals surface area (Å²) >= 11 is 6.18. The van der Waals surface area contributed by atoms with E-state index in [4.69, 9.17) is 16.0 Å². The molecule has 0 saturated heterocycles. The van der Waals surface area contributed by atoms with Crippen LogP contribution < -0.4 is 10.9 Å². The lowest BCUT2D eigenvalue weighted by molar-refractivity contribution is -0.123. The van der Waals surface area contributed by atoms with Crippen molar-refractivity contribution in [3.8, 4) is 0 Å². The number of hydrogen-bond acceptors (Lipinski definition) is 3. The van der Waals surface area contributed by atoms with E-state index in [9.17, 15) is 9.59 Å². The van der Waals surface area contributed by atoms with Gasteiger partial charge in [0.25, 0.3) is 0 Å². The molecule has 0 unspecified atom stereocenters. The summed E-state index contributed by atoms with van der Waals surface area (Å²) < 4.78 is 5.59. The van der Waals surface area contributed by atoms with E-state index in [2.05, 4.69) is 10.9 Å². The van der Waals surface area contributed by atoms with Crippen LogP contribution in [0.25, 0.3) is 11.0 Å². The summed E-state index contributed by atoms with van der Waals surface area (Å²) in [6.07, 6.45) is 0.717. The number of rotatable bonds is 3. The number of halogens is 1. The minimum atomic E-state index is -0.470. The number of benzene rings is 2. The number of hydrogen-bond donors (Lipinski definition) is 2. The van der Waals surface area contributed by atoms with Crippen molar-refractivity contribution >= 4 is 34.4 Å². The van der Waals surface area contributed by atoms with Crippen molar-refractivity contribution in [3.63, 3.8) is 0 Å². The Balaban J connectivity index is 1.40. The van der Waals surface area contributed by atoms with Gasteiger partial charge in [-0.15, -0.1) is 0 Å². The van der Waals surface area contributed by atoms with E-state index in [0.29, 0.717) is 10.6 Å². The Hall–Kier alpha value is -2.79. The predicted octanol–water partition coefficient (Wildman–Crippen LogP) is 3.96. The average Bonchev–Trinajstić information content (AvgIpc) is 3.38. The molecule has 0 spiro atoms. The van der Waals surface area contributed by atoms with Gasteiger partial charge in [0.1, 0.15) is 5.58 Å². The van der Waals surface area contributed by atoms with Crippen LogP contribution in [-0.4, -0.2) is 11.8 Å². The van der Waals surface area contributed by atoms with Gasteiger partial charge in [0.05, 0.1) is 0 Å². The van der Waals surface area contributed by atoms with Gasteiger partial charge in [-0.2, -0.15) is 0 Å². The quantitative estimate of drug-likeness (QED) is 0.687. The maximum Gasteiger partial charge on any atom is 0.305 e. The minimum Gasteiger partial charge on any atom is -0.451 e. The number of nitrogens with one attached hydrogen (secondary N) is 2. The molecule has 1 aromatic heterocycles. The van der Waals surface area contributed by atoms with E-state index in [1.54, 1.807) is 6.07 Å². The van der Waals surface area contributed by atoms with Crippen LogP contribution in [0, 0.1) is 12.8 Å². The number of furan rings is 1. The first kappa shape index (κ1) is 16.7. The van der Waals surface area contributed by atoms with Crippen molar-refractivity contribution in [1.29, 1.82) is 0 Å². The molecular formula is C20H17ClN2O3. The molecule has 5 nitrogen and oxygen atoms in total. The lowest BCUT2D eigenvalue weighted by atomic mass is 10.1. The van der Waals surface area contributed by atoms with Crippen molar-refractivity contribution in [2.75, 3.05) is 0 Å². The SMILES string of the molecule is Cc1c(C(=O)NNC(=O)[C@@H]2C[C@@H]2c2ccccc2Cl)oc2ccccc12. The van der Waals surface area contributed by atoms with Crippen LogP contribution in [0.15, 0.2) is 52.9 Å². The molecule has 1 fully saturated rings. The van der Waals surface area contributed by atoms with Crippen LogP contribution >= 0.6 is 11.6 Å². The van der Waals surface area contributed by atoms with Crippen molar-refractivity contribution in [1.82, 2.24) is 10.9 Å². The van der Waals surface area contributed by atoms with E-state index >= 15 is 0 Å². The monoisotopic (exact) mass is 368 g/mol. The van der Waals surface area contributed by atoms with Gasteiger partial charge >= 0.3 is 5.91 Å². The molecule has 132 valence electrons. The second-order valence-corrected chi connectivity index (χ2v) is 6.87. The average molecular weight is 369 g/mol. The smallest absolute Gasteiger partial charge is 0.305 e. The summed E-state index contributed by atoms with van der Waals surface area (Å²) in [4.78, 5) is 24.6. The van der Waals surface area contributed by atoms with Crippen LogP contribution in [0.3, 0.4) is 0 Å². The van der Waals surface area contributed by atoms with E-state index < -0.39 is 5.91 Å². The molecule has 2 N–H and O–H groups in total. The molecule has 0 radical (unpaired) electrons. The molecule has 6 heteroatoms. The number of aryl methyl sites for hydroxylation is 1. The van der Waals surface area contributed by atoms with Gasteiger partial charge in [0, 0.05) is 21.9 Å². The molecule has 4 rings (SSSR count). The van der Waals surface area contributed by atoms with Gasteiger partial charge in [-0.25, -0.2) is 0 Å². The van der Waals surface area contributed by atoms with Gasteiger partial charge in [-0.05, 0) is 37.0 Å². The number of fused-ring (bicyclic) bond motifs is 1. The van der Waals surface area contributed by atoms with Crippen molar-refractivity contribution < 1.29 is 14.0 Å². The third-order valence-corrected chi connectivity index (χ3v) is 5.13. The van der Waals surface area contributed by atoms with E-state index in [-0.39, 0.29) is 23.5 Å². The molecule has 2 atom stereocenters. The number of hydrazine groups is 1. The fourth-order valence-corrected chi connectivity index (χ4v) is 3.54. The number of carbonyl (C=O) groups excluding carboxylic acids is 2. The molecule has 2 amide bonds. The van der Waals surface area contributed by atoms with Crippen LogP contribution in [0.5, 0.6) is 0 Å². The van der Waals surface area contributed by atoms with Gasteiger partial charge in [0.15, 0.2) is 5.76 Å². The Labute approximate surface area is 155 Å². The maximum atomic E-state index is 12.3. The highest BCUT2D eigenvalue weighted by Gasteiger charge is 2.45. The number of amides is 2. The summed E-state index contributed by atoms with van der Waals surface area (Å²) in [5.41, 5.74) is 7.29. The third kappa shape index (κ3) is 2.95. The Morgan fingerprint density at radius 3 is 2.58 bits per heavy atom. The molecule has 1 heterocycles. The van der Waals surface area contributed by atoms with E-state index in [1.807, 2.05) is 49.4 Å². The molecule has 26 heavy (non-hydrogen) atoms. The lowest BCUT2D eigenvalue weighted by Gasteiger charge is -2.07. The summed E-state index contributed by atoms with van der Waals surface area (Å²) in [5, 5.41) is 1.54. The maximum absolute atomic E-state index is 12.3. The zero-order valence-corrected chi connectivity index (χ0v) is 14.8. The van der Waals surface area contributed by atoms with Crippen molar-refractivity contribution in [2.45, 2.75) is 19.3 Å². The van der Waals surface area contributed by atoms with E-state index in [1.165, 1.54) is 0 Å². The van der Waals surface area contributed by atoms with E-state index in [0.717, 1.165) is 22.9 Å². The second kappa shape index (κ2) is 6.50.